The Labute approximate surface area is 161 Å². The minimum Gasteiger partial charge on any atom is -0.497 e. The molecule has 2 N–H and O–H groups in total. The van der Waals surface area contributed by atoms with E-state index in [2.05, 4.69) is 10.6 Å². The van der Waals surface area contributed by atoms with Crippen LogP contribution in [0.5, 0.6) is 5.75 Å². The molecule has 0 aliphatic heterocycles. The Morgan fingerprint density at radius 3 is 2.30 bits per heavy atom. The topological polar surface area (TPSA) is 67.4 Å². The first-order valence-corrected chi connectivity index (χ1v) is 9.05. The van der Waals surface area contributed by atoms with Crippen molar-refractivity contribution >= 4 is 35.0 Å². The molecule has 5 nitrogen and oxygen atoms in total. The lowest BCUT2D eigenvalue weighted by Crippen LogP contribution is -2.29. The average molecular weight is 378 g/mol. The van der Waals surface area contributed by atoms with Crippen LogP contribution in [0, 0.1) is 0 Å². The van der Waals surface area contributed by atoms with Crippen LogP contribution in [0.3, 0.4) is 0 Å². The Bertz CT molecular complexity index is 945. The van der Waals surface area contributed by atoms with Gasteiger partial charge in [0.25, 0.3) is 0 Å². The van der Waals surface area contributed by atoms with Crippen molar-refractivity contribution in [2.75, 3.05) is 17.7 Å². The molecule has 0 bridgehead atoms. The maximum Gasteiger partial charge on any atom is 0.314 e. The van der Waals surface area contributed by atoms with E-state index < -0.39 is 11.8 Å². The van der Waals surface area contributed by atoms with Gasteiger partial charge in [-0.15, -0.1) is 0 Å². The number of hydrogen-bond acceptors (Lipinski definition) is 4. The zero-order chi connectivity index (χ0) is 19.1. The summed E-state index contributed by atoms with van der Waals surface area (Å²) in [6, 6.07) is 24.0. The molecule has 3 aromatic rings. The van der Waals surface area contributed by atoms with Gasteiger partial charge in [0.15, 0.2) is 0 Å². The molecule has 0 aliphatic rings. The van der Waals surface area contributed by atoms with E-state index in [4.69, 9.17) is 4.74 Å². The van der Waals surface area contributed by atoms with Crippen molar-refractivity contribution in [3.63, 3.8) is 0 Å². The lowest BCUT2D eigenvalue weighted by molar-refractivity contribution is -0.133. The van der Waals surface area contributed by atoms with Crippen LogP contribution in [0.4, 0.5) is 11.4 Å². The van der Waals surface area contributed by atoms with E-state index in [0.29, 0.717) is 17.1 Å². The van der Waals surface area contributed by atoms with Crippen molar-refractivity contribution in [3.8, 4) is 5.75 Å². The number of benzene rings is 3. The van der Waals surface area contributed by atoms with Gasteiger partial charge in [0.1, 0.15) is 5.75 Å². The molecule has 0 spiro atoms. The lowest BCUT2D eigenvalue weighted by atomic mass is 10.3. The smallest absolute Gasteiger partial charge is 0.314 e. The fourth-order valence-corrected chi connectivity index (χ4v) is 3.26. The van der Waals surface area contributed by atoms with Crippen molar-refractivity contribution in [1.29, 1.82) is 0 Å². The van der Waals surface area contributed by atoms with Crippen LogP contribution >= 0.6 is 11.8 Å². The molecule has 0 fully saturated rings. The summed E-state index contributed by atoms with van der Waals surface area (Å²) in [6.45, 7) is 0. The molecule has 0 heterocycles. The Kier molecular flexibility index (Phi) is 6.12. The van der Waals surface area contributed by atoms with Crippen molar-refractivity contribution in [1.82, 2.24) is 0 Å². The maximum atomic E-state index is 12.3. The number of carbonyl (C=O) groups excluding carboxylic acids is 2. The molecule has 3 rings (SSSR count). The SMILES string of the molecule is COc1cccc(NC(=O)C(=O)Nc2ccccc2Sc2ccccc2)c1. The summed E-state index contributed by atoms with van der Waals surface area (Å²) in [5, 5.41) is 5.24. The van der Waals surface area contributed by atoms with E-state index in [1.807, 2.05) is 48.5 Å². The van der Waals surface area contributed by atoms with Crippen LogP contribution in [0.25, 0.3) is 0 Å². The van der Waals surface area contributed by atoms with Crippen LogP contribution in [0.2, 0.25) is 0 Å². The van der Waals surface area contributed by atoms with Gasteiger partial charge in [-0.05, 0) is 36.4 Å². The lowest BCUT2D eigenvalue weighted by Gasteiger charge is -2.11. The molecule has 6 heteroatoms. The average Bonchev–Trinajstić information content (AvgIpc) is 2.70. The normalized spacial score (nSPS) is 10.1. The largest absolute Gasteiger partial charge is 0.497 e. The molecule has 27 heavy (non-hydrogen) atoms. The zero-order valence-electron chi connectivity index (χ0n) is 14.6. The quantitative estimate of drug-likeness (QED) is 0.645. The summed E-state index contributed by atoms with van der Waals surface area (Å²) in [4.78, 5) is 26.4. The molecule has 0 radical (unpaired) electrons. The standard InChI is InChI=1S/C21H18N2O3S/c1-26-16-9-7-8-15(14-16)22-20(24)21(25)23-18-12-5-6-13-19(18)27-17-10-3-2-4-11-17/h2-14H,1H3,(H,22,24)(H,23,25). The van der Waals surface area contributed by atoms with Crippen molar-refractivity contribution in [2.24, 2.45) is 0 Å². The van der Waals surface area contributed by atoms with Gasteiger partial charge < -0.3 is 15.4 Å². The summed E-state index contributed by atoms with van der Waals surface area (Å²) >= 11 is 1.51. The number of amides is 2. The zero-order valence-corrected chi connectivity index (χ0v) is 15.5. The van der Waals surface area contributed by atoms with Gasteiger partial charge in [-0.2, -0.15) is 0 Å². The monoisotopic (exact) mass is 378 g/mol. The van der Waals surface area contributed by atoms with Gasteiger partial charge in [0, 0.05) is 21.5 Å². The number of rotatable bonds is 5. The summed E-state index contributed by atoms with van der Waals surface area (Å²) in [5.41, 5.74) is 1.07. The van der Waals surface area contributed by atoms with Crippen molar-refractivity contribution < 1.29 is 14.3 Å². The highest BCUT2D eigenvalue weighted by Gasteiger charge is 2.16. The molecule has 2 amide bonds. The fourth-order valence-electron chi connectivity index (χ4n) is 2.34. The second-order valence-electron chi connectivity index (χ2n) is 5.55. The van der Waals surface area contributed by atoms with Crippen LogP contribution < -0.4 is 15.4 Å². The molecule has 136 valence electrons. The van der Waals surface area contributed by atoms with E-state index in [0.717, 1.165) is 9.79 Å². The summed E-state index contributed by atoms with van der Waals surface area (Å²) in [7, 11) is 1.54. The van der Waals surface area contributed by atoms with Crippen molar-refractivity contribution in [2.45, 2.75) is 9.79 Å². The number of nitrogens with one attached hydrogen (secondary N) is 2. The molecule has 0 aromatic heterocycles. The number of carbonyl (C=O) groups is 2. The van der Waals surface area contributed by atoms with Gasteiger partial charge in [-0.3, -0.25) is 9.59 Å². The highest BCUT2D eigenvalue weighted by atomic mass is 32.2. The summed E-state index contributed by atoms with van der Waals surface area (Å²) in [6.07, 6.45) is 0. The van der Waals surface area contributed by atoms with Crippen LogP contribution in [0.1, 0.15) is 0 Å². The number of para-hydroxylation sites is 1. The highest BCUT2D eigenvalue weighted by molar-refractivity contribution is 7.99. The van der Waals surface area contributed by atoms with Crippen LogP contribution in [-0.4, -0.2) is 18.9 Å². The van der Waals surface area contributed by atoms with E-state index >= 15 is 0 Å². The minimum absolute atomic E-state index is 0.487. The second kappa shape index (κ2) is 8.91. The van der Waals surface area contributed by atoms with Gasteiger partial charge in [0.2, 0.25) is 0 Å². The van der Waals surface area contributed by atoms with Crippen LogP contribution in [-0.2, 0) is 9.59 Å². The minimum atomic E-state index is -0.747. The molecule has 0 aliphatic carbocycles. The van der Waals surface area contributed by atoms with Crippen molar-refractivity contribution in [3.05, 3.63) is 78.9 Å². The number of hydrogen-bond donors (Lipinski definition) is 2. The molecule has 3 aromatic carbocycles. The number of anilines is 2. The first kappa shape index (κ1) is 18.5. The fraction of sp³-hybridized carbons (Fsp3) is 0.0476. The predicted molar refractivity (Wildman–Crippen MR) is 107 cm³/mol. The van der Waals surface area contributed by atoms with E-state index in [-0.39, 0.29) is 0 Å². The summed E-state index contributed by atoms with van der Waals surface area (Å²) < 4.78 is 5.11. The number of ether oxygens (including phenoxy) is 1. The van der Waals surface area contributed by atoms with Gasteiger partial charge >= 0.3 is 11.8 Å². The summed E-state index contributed by atoms with van der Waals surface area (Å²) in [5.74, 6) is -0.889. The second-order valence-corrected chi connectivity index (χ2v) is 6.67. The van der Waals surface area contributed by atoms with E-state index in [1.54, 1.807) is 30.3 Å². The number of methoxy groups -OCH3 is 1. The van der Waals surface area contributed by atoms with Gasteiger partial charge in [-0.1, -0.05) is 48.2 Å². The predicted octanol–water partition coefficient (Wildman–Crippen LogP) is 4.42. The third kappa shape index (κ3) is 5.12. The Balaban J connectivity index is 1.69. The highest BCUT2D eigenvalue weighted by Crippen LogP contribution is 2.33. The third-order valence-electron chi connectivity index (χ3n) is 3.64. The molecule has 0 saturated carbocycles. The molecule has 0 unspecified atom stereocenters. The molecule has 0 atom stereocenters. The Morgan fingerprint density at radius 2 is 1.52 bits per heavy atom. The van der Waals surface area contributed by atoms with Crippen LogP contribution in [0.15, 0.2) is 88.7 Å². The Hall–Kier alpha value is -3.25. The first-order chi connectivity index (χ1) is 13.2. The molecular weight excluding hydrogens is 360 g/mol. The Morgan fingerprint density at radius 1 is 0.815 bits per heavy atom. The third-order valence-corrected chi connectivity index (χ3v) is 4.72. The maximum absolute atomic E-state index is 12.3. The molecular formula is C21H18N2O3S. The van der Waals surface area contributed by atoms with E-state index in [9.17, 15) is 9.59 Å². The van der Waals surface area contributed by atoms with Gasteiger partial charge in [0.05, 0.1) is 12.8 Å². The van der Waals surface area contributed by atoms with E-state index in [1.165, 1.54) is 18.9 Å². The first-order valence-electron chi connectivity index (χ1n) is 8.24. The van der Waals surface area contributed by atoms with Gasteiger partial charge in [-0.25, -0.2) is 0 Å². The molecule has 0 saturated heterocycles.